The summed E-state index contributed by atoms with van der Waals surface area (Å²) in [6.45, 7) is 1.98. The number of hydrogen-bond acceptors (Lipinski definition) is 6. The van der Waals surface area contributed by atoms with E-state index in [4.69, 9.17) is 9.47 Å². The number of fused-ring (bicyclic) bond motifs is 1. The second-order valence-electron chi connectivity index (χ2n) is 7.24. The number of hydrogen-bond donors (Lipinski definition) is 4. The van der Waals surface area contributed by atoms with Crippen LogP contribution in [0, 0.1) is 0 Å². The Bertz CT molecular complexity index is 971. The molecule has 1 fully saturated rings. The van der Waals surface area contributed by atoms with Crippen LogP contribution >= 0.6 is 0 Å². The summed E-state index contributed by atoms with van der Waals surface area (Å²) >= 11 is 0. The highest BCUT2D eigenvalue weighted by atomic mass is 16.5. The van der Waals surface area contributed by atoms with Gasteiger partial charge in [0, 0.05) is 32.6 Å². The molecule has 1 aromatic carbocycles. The van der Waals surface area contributed by atoms with Gasteiger partial charge in [-0.05, 0) is 18.4 Å². The Morgan fingerprint density at radius 2 is 2.23 bits per heavy atom. The third kappa shape index (κ3) is 4.87. The van der Waals surface area contributed by atoms with Gasteiger partial charge in [-0.2, -0.15) is 5.10 Å². The number of nitrogens with one attached hydrogen (secondary N) is 4. The van der Waals surface area contributed by atoms with Crippen LogP contribution in [-0.2, 0) is 9.47 Å². The molecule has 1 aliphatic rings. The van der Waals surface area contributed by atoms with Gasteiger partial charge < -0.3 is 20.1 Å². The second kappa shape index (κ2) is 9.55. The number of urea groups is 1. The van der Waals surface area contributed by atoms with Gasteiger partial charge in [0.2, 0.25) is 0 Å². The summed E-state index contributed by atoms with van der Waals surface area (Å²) in [6, 6.07) is 11.4. The summed E-state index contributed by atoms with van der Waals surface area (Å²) in [5, 5.41) is 17.4. The Kier molecular flexibility index (Phi) is 6.41. The minimum atomic E-state index is -0.326. The number of pyridine rings is 1. The van der Waals surface area contributed by atoms with E-state index in [9.17, 15) is 4.79 Å². The molecule has 3 aromatic rings. The molecule has 158 valence electrons. The second-order valence-corrected chi connectivity index (χ2v) is 7.24. The lowest BCUT2D eigenvalue weighted by atomic mass is 10.0. The van der Waals surface area contributed by atoms with Crippen LogP contribution in [0.25, 0.3) is 10.9 Å². The van der Waals surface area contributed by atoms with Gasteiger partial charge in [0.05, 0.1) is 29.6 Å². The van der Waals surface area contributed by atoms with Crippen LogP contribution in [0.5, 0.6) is 0 Å². The minimum absolute atomic E-state index is 0.161. The average molecular weight is 410 g/mol. The summed E-state index contributed by atoms with van der Waals surface area (Å²) < 4.78 is 10.6. The van der Waals surface area contributed by atoms with E-state index in [0.29, 0.717) is 25.5 Å². The van der Waals surface area contributed by atoms with Crippen LogP contribution in [0.4, 0.5) is 16.4 Å². The molecular formula is C21H26N6O3. The summed E-state index contributed by atoms with van der Waals surface area (Å²) in [6.07, 6.45) is 3.32. The molecule has 0 saturated carbocycles. The number of nitrogens with zero attached hydrogens (tertiary/aromatic N) is 2. The van der Waals surface area contributed by atoms with Crippen LogP contribution in [0.15, 0.2) is 42.6 Å². The molecule has 0 radical (unpaired) electrons. The quantitative estimate of drug-likeness (QED) is 0.454. The summed E-state index contributed by atoms with van der Waals surface area (Å²) in [4.78, 5) is 16.9. The normalized spacial score (nSPS) is 17.0. The van der Waals surface area contributed by atoms with Crippen molar-refractivity contribution in [1.82, 2.24) is 20.5 Å². The van der Waals surface area contributed by atoms with Crippen molar-refractivity contribution in [1.29, 1.82) is 0 Å². The Morgan fingerprint density at radius 3 is 3.00 bits per heavy atom. The molecule has 0 spiro atoms. The molecule has 9 heteroatoms. The van der Waals surface area contributed by atoms with Gasteiger partial charge in [-0.15, -0.1) is 0 Å². The number of benzene rings is 1. The first-order valence-corrected chi connectivity index (χ1v) is 10.0. The van der Waals surface area contributed by atoms with Crippen molar-refractivity contribution in [3.05, 3.63) is 48.2 Å². The molecule has 2 unspecified atom stereocenters. The molecule has 2 amide bonds. The topological polar surface area (TPSA) is 113 Å². The maximum atomic E-state index is 12.6. The van der Waals surface area contributed by atoms with E-state index in [1.54, 1.807) is 19.4 Å². The largest absolute Gasteiger partial charge is 0.385 e. The van der Waals surface area contributed by atoms with Crippen molar-refractivity contribution in [2.24, 2.45) is 0 Å². The fraction of sp³-hybridized carbons (Fsp3) is 0.381. The summed E-state index contributed by atoms with van der Waals surface area (Å²) in [7, 11) is 1.65. The molecule has 30 heavy (non-hydrogen) atoms. The van der Waals surface area contributed by atoms with Gasteiger partial charge in [-0.1, -0.05) is 30.3 Å². The van der Waals surface area contributed by atoms with Gasteiger partial charge in [0.25, 0.3) is 0 Å². The predicted molar refractivity (Wildman–Crippen MR) is 115 cm³/mol. The SMILES string of the molecule is COCCC(NC(=O)Nc1cc2[nH]nc(NC3CCOC3)c2cn1)c1ccccc1. The van der Waals surface area contributed by atoms with E-state index >= 15 is 0 Å². The van der Waals surface area contributed by atoms with Crippen molar-refractivity contribution < 1.29 is 14.3 Å². The zero-order chi connectivity index (χ0) is 20.8. The number of carbonyl (C=O) groups is 1. The summed E-state index contributed by atoms with van der Waals surface area (Å²) in [5.74, 6) is 1.19. The van der Waals surface area contributed by atoms with Crippen LogP contribution in [-0.4, -0.2) is 54.2 Å². The van der Waals surface area contributed by atoms with Crippen LogP contribution < -0.4 is 16.0 Å². The molecule has 1 saturated heterocycles. The first-order chi connectivity index (χ1) is 14.7. The number of ether oxygens (including phenoxy) is 2. The predicted octanol–water partition coefficient (Wildman–Crippen LogP) is 3.06. The Hall–Kier alpha value is -3.17. The van der Waals surface area contributed by atoms with Gasteiger partial charge in [0.1, 0.15) is 5.82 Å². The zero-order valence-corrected chi connectivity index (χ0v) is 16.9. The van der Waals surface area contributed by atoms with Gasteiger partial charge in [-0.25, -0.2) is 9.78 Å². The molecule has 2 atom stereocenters. The number of H-pyrrole nitrogens is 1. The molecule has 2 aromatic heterocycles. The number of anilines is 2. The van der Waals surface area contributed by atoms with Gasteiger partial charge in [-0.3, -0.25) is 10.4 Å². The number of aromatic amines is 1. The van der Waals surface area contributed by atoms with Crippen molar-refractivity contribution in [3.8, 4) is 0 Å². The lowest BCUT2D eigenvalue weighted by molar-refractivity contribution is 0.183. The number of rotatable bonds is 8. The lowest BCUT2D eigenvalue weighted by Crippen LogP contribution is -2.33. The highest BCUT2D eigenvalue weighted by Gasteiger charge is 2.18. The third-order valence-corrected chi connectivity index (χ3v) is 5.08. The molecule has 1 aliphatic heterocycles. The van der Waals surface area contributed by atoms with Gasteiger partial charge >= 0.3 is 6.03 Å². The van der Waals surface area contributed by atoms with Crippen molar-refractivity contribution in [3.63, 3.8) is 0 Å². The molecule has 4 rings (SSSR count). The van der Waals surface area contributed by atoms with E-state index < -0.39 is 0 Å². The summed E-state index contributed by atoms with van der Waals surface area (Å²) in [5.41, 5.74) is 1.81. The van der Waals surface area contributed by atoms with Crippen LogP contribution in [0.1, 0.15) is 24.4 Å². The minimum Gasteiger partial charge on any atom is -0.385 e. The number of aromatic nitrogens is 3. The van der Waals surface area contributed by atoms with Crippen LogP contribution in [0.2, 0.25) is 0 Å². The smallest absolute Gasteiger partial charge is 0.320 e. The van der Waals surface area contributed by atoms with Crippen LogP contribution in [0.3, 0.4) is 0 Å². The monoisotopic (exact) mass is 410 g/mol. The molecule has 0 aliphatic carbocycles. The van der Waals surface area contributed by atoms with Gasteiger partial charge in [0.15, 0.2) is 5.82 Å². The van der Waals surface area contributed by atoms with E-state index in [1.807, 2.05) is 30.3 Å². The fourth-order valence-electron chi connectivity index (χ4n) is 3.49. The molecule has 9 nitrogen and oxygen atoms in total. The fourth-order valence-corrected chi connectivity index (χ4v) is 3.49. The maximum absolute atomic E-state index is 12.6. The third-order valence-electron chi connectivity index (χ3n) is 5.08. The standard InChI is InChI=1S/C21H26N6O3/c1-29-9-8-17(14-5-3-2-4-6-14)24-21(28)25-19-11-18-16(12-22-19)20(27-26-18)23-15-7-10-30-13-15/h2-6,11-12,15,17H,7-10,13H2,1H3,(H2,23,26,27)(H2,22,24,25,28). The number of methoxy groups -OCH3 is 1. The highest BCUT2D eigenvalue weighted by Crippen LogP contribution is 2.24. The Labute approximate surface area is 174 Å². The van der Waals surface area contributed by atoms with E-state index in [1.165, 1.54) is 0 Å². The van der Waals surface area contributed by atoms with E-state index in [-0.39, 0.29) is 18.1 Å². The lowest BCUT2D eigenvalue weighted by Gasteiger charge is -2.19. The van der Waals surface area contributed by atoms with E-state index in [0.717, 1.165) is 35.3 Å². The van der Waals surface area contributed by atoms with Crippen molar-refractivity contribution in [2.75, 3.05) is 37.6 Å². The molecule has 0 bridgehead atoms. The number of carbonyl (C=O) groups excluding carboxylic acids is 1. The average Bonchev–Trinajstić information content (AvgIpc) is 3.42. The Balaban J connectivity index is 1.41. The Morgan fingerprint density at radius 1 is 1.37 bits per heavy atom. The zero-order valence-electron chi connectivity index (χ0n) is 16.9. The van der Waals surface area contributed by atoms with Crippen molar-refractivity contribution in [2.45, 2.75) is 24.9 Å². The first-order valence-electron chi connectivity index (χ1n) is 10.0. The first kappa shape index (κ1) is 20.1. The molecule has 3 heterocycles. The molecule has 4 N–H and O–H groups in total. The van der Waals surface area contributed by atoms with Crippen molar-refractivity contribution >= 4 is 28.6 Å². The van der Waals surface area contributed by atoms with E-state index in [2.05, 4.69) is 31.1 Å². The highest BCUT2D eigenvalue weighted by molar-refractivity contribution is 5.94. The number of amides is 2. The maximum Gasteiger partial charge on any atom is 0.320 e. The molecular weight excluding hydrogens is 384 g/mol.